The summed E-state index contributed by atoms with van der Waals surface area (Å²) in [6, 6.07) is 7.87. The van der Waals surface area contributed by atoms with Crippen LogP contribution < -0.4 is 21.7 Å². The first kappa shape index (κ1) is 55.3. The molecule has 0 radical (unpaired) electrons. The van der Waals surface area contributed by atoms with Crippen LogP contribution >= 0.6 is 0 Å². The molecule has 0 saturated carbocycles. The Morgan fingerprint density at radius 2 is 1.36 bits per heavy atom. The number of allylic oxidation sites excluding steroid dienone is 6. The summed E-state index contributed by atoms with van der Waals surface area (Å²) in [6.07, 6.45) is 14.1. The van der Waals surface area contributed by atoms with E-state index in [0.717, 1.165) is 11.4 Å². The normalized spacial score (nSPS) is 18.6. The van der Waals surface area contributed by atoms with Crippen LogP contribution in [0, 0.1) is 0 Å². The van der Waals surface area contributed by atoms with E-state index in [2.05, 4.69) is 9.89 Å². The van der Waals surface area contributed by atoms with Gasteiger partial charge in [0.15, 0.2) is 5.71 Å². The van der Waals surface area contributed by atoms with E-state index in [1.54, 1.807) is 30.4 Å². The highest BCUT2D eigenvalue weighted by atomic mass is 32.2. The molecule has 4 rings (SSSR count). The number of carbonyl (C=O) groups is 2. The zero-order chi connectivity index (χ0) is 50.0. The lowest BCUT2D eigenvalue weighted by atomic mass is 9.77. The van der Waals surface area contributed by atoms with Gasteiger partial charge in [-0.1, -0.05) is 24.6 Å². The van der Waals surface area contributed by atoms with Gasteiger partial charge in [-0.25, -0.2) is 0 Å². The van der Waals surface area contributed by atoms with E-state index in [1.807, 2.05) is 31.7 Å². The third kappa shape index (κ3) is 15.6. The molecule has 2 aromatic carbocycles. The van der Waals surface area contributed by atoms with Crippen LogP contribution in [0.4, 0.5) is 11.4 Å². The van der Waals surface area contributed by atoms with E-state index >= 15 is 0 Å². The fourth-order valence-electron chi connectivity index (χ4n) is 8.61. The van der Waals surface area contributed by atoms with Crippen LogP contribution in [0.5, 0.6) is 0 Å². The lowest BCUT2D eigenvalue weighted by Gasteiger charge is -2.30. The molecule has 0 aliphatic carbocycles. The van der Waals surface area contributed by atoms with Crippen LogP contribution in [-0.4, -0.2) is 111 Å². The van der Waals surface area contributed by atoms with Crippen molar-refractivity contribution in [3.8, 4) is 0 Å². The summed E-state index contributed by atoms with van der Waals surface area (Å²) in [7, 11) is -17.6. The van der Waals surface area contributed by atoms with Crippen molar-refractivity contribution in [2.75, 3.05) is 36.0 Å². The monoisotopic (exact) mass is 1010 g/mol. The first-order valence-corrected chi connectivity index (χ1v) is 28.1. The van der Waals surface area contributed by atoms with Crippen LogP contribution in [0.25, 0.3) is 0 Å². The maximum absolute atomic E-state index is 12.5. The number of nitrogens with zero attached hydrogens (tertiary/aromatic N) is 2. The molecule has 2 heterocycles. The van der Waals surface area contributed by atoms with Gasteiger partial charge < -0.3 is 21.7 Å². The van der Waals surface area contributed by atoms with Crippen molar-refractivity contribution < 1.29 is 66.0 Å². The Morgan fingerprint density at radius 1 is 0.746 bits per heavy atom. The summed E-state index contributed by atoms with van der Waals surface area (Å²) in [6.45, 7) is 6.92. The number of primary amides is 1. The van der Waals surface area contributed by atoms with E-state index in [9.17, 15) is 61.5 Å². The summed E-state index contributed by atoms with van der Waals surface area (Å²) in [5.41, 5.74) is 13.1. The first-order chi connectivity index (χ1) is 31.1. The second-order valence-electron chi connectivity index (χ2n) is 17.7. The third-order valence-electron chi connectivity index (χ3n) is 12.2. The molecule has 2 amide bonds. The van der Waals surface area contributed by atoms with Gasteiger partial charge in [0.1, 0.15) is 6.54 Å². The lowest BCUT2D eigenvalue weighted by Crippen LogP contribution is -2.36. The number of nitrogens with two attached hydrogens (primary N) is 2. The Labute approximate surface area is 394 Å². The predicted molar refractivity (Wildman–Crippen MR) is 255 cm³/mol. The van der Waals surface area contributed by atoms with Crippen LogP contribution in [0.3, 0.4) is 0 Å². The minimum atomic E-state index is -4.63. The molecular formula is C44H64N5O14S4+. The number of fused-ring (bicyclic) bond motifs is 2. The van der Waals surface area contributed by atoms with Gasteiger partial charge in [0, 0.05) is 60.4 Å². The zero-order valence-corrected chi connectivity index (χ0v) is 41.3. The van der Waals surface area contributed by atoms with Crippen molar-refractivity contribution in [1.82, 2.24) is 5.32 Å². The summed E-state index contributed by atoms with van der Waals surface area (Å²) in [5, 5.41) is 2.88. The molecule has 2 aliphatic heterocycles. The van der Waals surface area contributed by atoms with Crippen molar-refractivity contribution in [3.63, 3.8) is 0 Å². The highest BCUT2D eigenvalue weighted by Gasteiger charge is 2.45. The van der Waals surface area contributed by atoms with Gasteiger partial charge in [-0.15, -0.1) is 0 Å². The fourth-order valence-corrected chi connectivity index (χ4v) is 10.8. The van der Waals surface area contributed by atoms with Crippen LogP contribution in [-0.2, 0) is 60.9 Å². The quantitative estimate of drug-likeness (QED) is 0.0276. The molecule has 372 valence electrons. The second-order valence-corrected chi connectivity index (χ2v) is 23.6. The van der Waals surface area contributed by atoms with E-state index < -0.39 is 74.8 Å². The molecule has 2 atom stereocenters. The predicted octanol–water partition coefficient (Wildman–Crippen LogP) is 4.72. The Morgan fingerprint density at radius 3 is 1.97 bits per heavy atom. The lowest BCUT2D eigenvalue weighted by molar-refractivity contribution is -0.438. The number of nitrogens with one attached hydrogen (secondary N) is 1. The molecule has 23 heteroatoms. The van der Waals surface area contributed by atoms with Gasteiger partial charge >= 0.3 is 0 Å². The third-order valence-corrected chi connectivity index (χ3v) is 15.5. The van der Waals surface area contributed by atoms with E-state index in [4.69, 9.17) is 11.5 Å². The minimum Gasteiger partial charge on any atom is -0.368 e. The van der Waals surface area contributed by atoms with Crippen LogP contribution in [0.2, 0.25) is 0 Å². The van der Waals surface area contributed by atoms with Gasteiger partial charge in [-0.3, -0.25) is 27.8 Å². The number of benzene rings is 2. The smallest absolute Gasteiger partial charge is 0.294 e. The maximum atomic E-state index is 12.5. The van der Waals surface area contributed by atoms with Crippen molar-refractivity contribution >= 4 is 69.4 Å². The zero-order valence-electron chi connectivity index (χ0n) is 38.0. The van der Waals surface area contributed by atoms with Crippen molar-refractivity contribution in [2.24, 2.45) is 11.5 Å². The molecule has 9 N–H and O–H groups in total. The Balaban J connectivity index is 1.63. The molecule has 0 spiro atoms. The average Bonchev–Trinajstić information content (AvgIpc) is 3.57. The minimum absolute atomic E-state index is 0.0916. The molecule has 0 bridgehead atoms. The van der Waals surface area contributed by atoms with Gasteiger partial charge in [-0.2, -0.15) is 38.2 Å². The summed E-state index contributed by atoms with van der Waals surface area (Å²) in [5.74, 6) is -1.63. The van der Waals surface area contributed by atoms with Gasteiger partial charge in [-0.05, 0) is 121 Å². The number of hydrogen-bond donors (Lipinski definition) is 7. The molecule has 19 nitrogen and oxygen atoms in total. The number of anilines is 1. The maximum Gasteiger partial charge on any atom is 0.294 e. The van der Waals surface area contributed by atoms with Gasteiger partial charge in [0.05, 0.1) is 32.8 Å². The largest absolute Gasteiger partial charge is 0.368 e. The molecular weight excluding hydrogens is 951 g/mol. The molecule has 0 aromatic heterocycles. The van der Waals surface area contributed by atoms with Crippen molar-refractivity contribution in [3.05, 3.63) is 83.6 Å². The number of rotatable bonds is 27. The number of unbranched alkanes of at least 4 members (excludes halogenated alkanes) is 5. The van der Waals surface area contributed by atoms with E-state index in [1.165, 1.54) is 30.3 Å². The topological polar surface area (TPSA) is 322 Å². The highest BCUT2D eigenvalue weighted by Crippen LogP contribution is 2.51. The standard InChI is InChI=1S/C44H63N5O14S4/c1-43(2)34-30-32(66(58,59)60)20-22-37(34)48(26-12-5-8-19-41(50)47-25-11-9-16-36(45)42(46)51)39(43)17-6-4-7-18-40-44(3,24-10-14-28-64(52,53)54)35-31-33(67(61,62)63)21-23-38(35)49(40)27-13-15-29-65(55,56)57/h4,6-7,17-18,20-23,30-31,36H,5,8-16,19,24-29,45H2,1-3H3,(H6-,46,47,50,51,52,53,54,55,56,57,58,59,60,61,62,63)/p+1/t36-,44?/m0/s1. The molecule has 1 unspecified atom stereocenters. The van der Waals surface area contributed by atoms with Crippen LogP contribution in [0.1, 0.15) is 109 Å². The first-order valence-electron chi connectivity index (χ1n) is 22.0. The Kier molecular flexibility index (Phi) is 18.8. The SMILES string of the molecule is CC1(C)C(/C=C/C=C/C=C2/N(CCCCS(=O)(=O)O)c3ccc(S(=O)(=O)O)cc3C2(C)CCCCS(=O)(=O)O)=[N+](CCCCCC(=O)NCCCC[C@H](N)C(N)=O)c2ccc(S(=O)(=O)O)cc21. The number of carbonyl (C=O) groups excluding carboxylic acids is 2. The summed E-state index contributed by atoms with van der Waals surface area (Å²) < 4.78 is 136. The molecule has 2 aliphatic rings. The number of hydrogen-bond acceptors (Lipinski definition) is 12. The molecule has 2 aromatic rings. The van der Waals surface area contributed by atoms with Gasteiger partial charge in [0.2, 0.25) is 17.5 Å². The molecule has 0 saturated heterocycles. The number of amides is 2. The van der Waals surface area contributed by atoms with E-state index in [-0.39, 0.29) is 47.9 Å². The van der Waals surface area contributed by atoms with E-state index in [0.29, 0.717) is 87.0 Å². The molecule has 67 heavy (non-hydrogen) atoms. The summed E-state index contributed by atoms with van der Waals surface area (Å²) >= 11 is 0. The second kappa shape index (κ2) is 22.9. The average molecular weight is 1020 g/mol. The van der Waals surface area contributed by atoms with Crippen LogP contribution in [0.15, 0.2) is 82.3 Å². The Hall–Kier alpha value is -4.33. The summed E-state index contributed by atoms with van der Waals surface area (Å²) in [4.78, 5) is 24.9. The Bertz CT molecular complexity index is 2730. The fraction of sp³-hybridized carbons (Fsp3) is 0.523. The van der Waals surface area contributed by atoms with Crippen molar-refractivity contribution in [1.29, 1.82) is 0 Å². The molecule has 0 fully saturated rings. The highest BCUT2D eigenvalue weighted by molar-refractivity contribution is 7.86. The van der Waals surface area contributed by atoms with Crippen molar-refractivity contribution in [2.45, 2.75) is 124 Å². The van der Waals surface area contributed by atoms with Gasteiger partial charge in [0.25, 0.3) is 40.5 Å².